The molecule has 6 heteroatoms. The van der Waals surface area contributed by atoms with Gasteiger partial charge in [-0.2, -0.15) is 0 Å². The number of carbonyl (C=O) groups excluding carboxylic acids is 2. The fraction of sp³-hybridized carbons (Fsp3) is 0.333. The van der Waals surface area contributed by atoms with E-state index < -0.39 is 11.9 Å². The lowest BCUT2D eigenvalue weighted by Crippen LogP contribution is -2.38. The molecule has 0 aliphatic carbocycles. The highest BCUT2D eigenvalue weighted by atomic mass is 16.6. The molecule has 1 unspecified atom stereocenters. The first kappa shape index (κ1) is 12.5. The zero-order valence-electron chi connectivity index (χ0n) is 9.78. The number of benzene rings is 1. The van der Waals surface area contributed by atoms with E-state index in [1.54, 1.807) is 12.1 Å². The highest BCUT2D eigenvalue weighted by Crippen LogP contribution is 2.31. The van der Waals surface area contributed by atoms with Crippen LogP contribution in [0.25, 0.3) is 0 Å². The Hall–Kier alpha value is -1.92. The van der Waals surface area contributed by atoms with Gasteiger partial charge in [-0.05, 0) is 5.56 Å². The van der Waals surface area contributed by atoms with Gasteiger partial charge >= 0.3 is 0 Å². The number of primary amides is 1. The van der Waals surface area contributed by atoms with E-state index in [-0.39, 0.29) is 25.3 Å². The second-order valence-electron chi connectivity index (χ2n) is 4.17. The van der Waals surface area contributed by atoms with Crippen LogP contribution in [-0.2, 0) is 9.59 Å². The summed E-state index contributed by atoms with van der Waals surface area (Å²) in [6.45, 7) is 0.0427. The lowest BCUT2D eigenvalue weighted by atomic mass is 10.1. The quantitative estimate of drug-likeness (QED) is 0.842. The highest BCUT2D eigenvalue weighted by molar-refractivity contribution is 5.80. The highest BCUT2D eigenvalue weighted by Gasteiger charge is 2.32. The summed E-state index contributed by atoms with van der Waals surface area (Å²) >= 11 is 0. The number of nitrogens with two attached hydrogens (primary N) is 1. The first-order valence-corrected chi connectivity index (χ1v) is 5.69. The van der Waals surface area contributed by atoms with E-state index in [0.717, 1.165) is 10.6 Å². The molecule has 96 valence electrons. The summed E-state index contributed by atoms with van der Waals surface area (Å²) in [5.41, 5.74) is 5.80. The SMILES string of the molecule is NC(=O)CCN1C(=O)CC(c2ccccc2)N1[O-]. The Morgan fingerprint density at radius 2 is 2.06 bits per heavy atom. The van der Waals surface area contributed by atoms with Crippen LogP contribution in [-0.4, -0.2) is 28.5 Å². The van der Waals surface area contributed by atoms with E-state index in [0.29, 0.717) is 5.17 Å². The van der Waals surface area contributed by atoms with Gasteiger partial charge in [-0.25, -0.2) is 0 Å². The van der Waals surface area contributed by atoms with Crippen LogP contribution in [0.3, 0.4) is 0 Å². The van der Waals surface area contributed by atoms with E-state index in [1.165, 1.54) is 0 Å². The van der Waals surface area contributed by atoms with Crippen molar-refractivity contribution in [3.63, 3.8) is 0 Å². The molecule has 1 aromatic rings. The van der Waals surface area contributed by atoms with Crippen molar-refractivity contribution in [2.75, 3.05) is 6.54 Å². The molecule has 18 heavy (non-hydrogen) atoms. The van der Waals surface area contributed by atoms with Crippen molar-refractivity contribution >= 4 is 11.8 Å². The van der Waals surface area contributed by atoms with Gasteiger partial charge in [0.2, 0.25) is 11.8 Å². The topological polar surface area (TPSA) is 89.7 Å². The van der Waals surface area contributed by atoms with E-state index in [9.17, 15) is 14.8 Å². The van der Waals surface area contributed by atoms with Crippen molar-refractivity contribution in [2.45, 2.75) is 18.9 Å². The van der Waals surface area contributed by atoms with Crippen molar-refractivity contribution in [1.29, 1.82) is 0 Å². The van der Waals surface area contributed by atoms with Crippen LogP contribution in [0.4, 0.5) is 0 Å². The molecule has 0 saturated carbocycles. The molecule has 0 radical (unpaired) electrons. The fourth-order valence-electron chi connectivity index (χ4n) is 1.99. The predicted octanol–water partition coefficient (Wildman–Crippen LogP) is 0.550. The largest absolute Gasteiger partial charge is 0.767 e. The molecule has 1 fully saturated rings. The second kappa shape index (κ2) is 5.16. The van der Waals surface area contributed by atoms with Gasteiger partial charge in [-0.15, -0.1) is 0 Å². The molecule has 1 atom stereocenters. The van der Waals surface area contributed by atoms with Crippen molar-refractivity contribution in [1.82, 2.24) is 10.2 Å². The molecule has 1 heterocycles. The monoisotopic (exact) mass is 248 g/mol. The minimum Gasteiger partial charge on any atom is -0.767 e. The predicted molar refractivity (Wildman–Crippen MR) is 64.5 cm³/mol. The van der Waals surface area contributed by atoms with Crippen molar-refractivity contribution in [3.05, 3.63) is 41.1 Å². The molecule has 1 aliphatic heterocycles. The summed E-state index contributed by atoms with van der Waals surface area (Å²) in [6.07, 6.45) is 0.123. The van der Waals surface area contributed by atoms with Crippen molar-refractivity contribution < 1.29 is 9.59 Å². The van der Waals surface area contributed by atoms with Gasteiger partial charge in [0.15, 0.2) is 0 Å². The zero-order chi connectivity index (χ0) is 13.1. The van der Waals surface area contributed by atoms with E-state index in [2.05, 4.69) is 0 Å². The van der Waals surface area contributed by atoms with Crippen LogP contribution >= 0.6 is 0 Å². The maximum atomic E-state index is 12.0. The zero-order valence-corrected chi connectivity index (χ0v) is 9.78. The average Bonchev–Trinajstić information content (AvgIpc) is 2.63. The molecular formula is C12H14N3O3-. The Kier molecular flexibility index (Phi) is 3.59. The number of carbonyl (C=O) groups is 2. The Morgan fingerprint density at radius 1 is 1.39 bits per heavy atom. The van der Waals surface area contributed by atoms with Gasteiger partial charge in [0.05, 0.1) is 0 Å². The van der Waals surface area contributed by atoms with E-state index >= 15 is 0 Å². The van der Waals surface area contributed by atoms with Crippen LogP contribution in [0.2, 0.25) is 0 Å². The van der Waals surface area contributed by atoms with E-state index in [1.807, 2.05) is 18.2 Å². The lowest BCUT2D eigenvalue weighted by molar-refractivity contribution is -0.136. The number of hydroxylamine groups is 1. The Labute approximate surface area is 105 Å². The number of nitrogens with zero attached hydrogens (tertiary/aromatic N) is 2. The van der Waals surface area contributed by atoms with Crippen LogP contribution in [0.1, 0.15) is 24.4 Å². The van der Waals surface area contributed by atoms with Gasteiger partial charge in [-0.1, -0.05) is 30.3 Å². The maximum absolute atomic E-state index is 12.0. The second-order valence-corrected chi connectivity index (χ2v) is 4.17. The summed E-state index contributed by atoms with van der Waals surface area (Å²) in [4.78, 5) is 22.4. The molecule has 1 aliphatic rings. The summed E-state index contributed by atoms with van der Waals surface area (Å²) in [5.74, 6) is -0.806. The van der Waals surface area contributed by atoms with Crippen LogP contribution in [0, 0.1) is 5.21 Å². The first-order chi connectivity index (χ1) is 8.59. The average molecular weight is 248 g/mol. The van der Waals surface area contributed by atoms with Gasteiger partial charge in [0, 0.05) is 25.4 Å². The molecule has 1 saturated heterocycles. The standard InChI is InChI=1S/C12H14N3O3/c13-11(16)6-7-14-12(17)8-10(15(14)18)9-4-2-1-3-5-9/h1-5,10H,6-8H2,(H2,13,16)/q-1. The van der Waals surface area contributed by atoms with Gasteiger partial charge in [0.1, 0.15) is 0 Å². The summed E-state index contributed by atoms with van der Waals surface area (Å²) in [7, 11) is 0. The van der Waals surface area contributed by atoms with Gasteiger partial charge < -0.3 is 10.9 Å². The van der Waals surface area contributed by atoms with Gasteiger partial charge in [-0.3, -0.25) is 19.8 Å². The molecule has 2 N–H and O–H groups in total. The first-order valence-electron chi connectivity index (χ1n) is 5.69. The number of amides is 2. The maximum Gasteiger partial charge on any atom is 0.238 e. The summed E-state index contributed by atoms with van der Waals surface area (Å²) < 4.78 is 0. The van der Waals surface area contributed by atoms with Crippen molar-refractivity contribution in [3.8, 4) is 0 Å². The molecule has 0 spiro atoms. The van der Waals surface area contributed by atoms with Crippen molar-refractivity contribution in [2.24, 2.45) is 5.73 Å². The molecule has 0 bridgehead atoms. The molecule has 2 rings (SSSR count). The third kappa shape index (κ3) is 2.49. The Bertz CT molecular complexity index is 449. The normalized spacial score (nSPS) is 20.4. The van der Waals surface area contributed by atoms with E-state index in [4.69, 9.17) is 5.73 Å². The Balaban J connectivity index is 2.09. The van der Waals surface area contributed by atoms with Crippen LogP contribution in [0.15, 0.2) is 30.3 Å². The summed E-state index contributed by atoms with van der Waals surface area (Å²) in [5, 5.41) is 13.7. The Morgan fingerprint density at radius 3 is 2.67 bits per heavy atom. The summed E-state index contributed by atoms with van der Waals surface area (Å²) in [6, 6.07) is 8.59. The number of hydrogen-bond acceptors (Lipinski definition) is 4. The van der Waals surface area contributed by atoms with Crippen LogP contribution < -0.4 is 5.73 Å². The molecular weight excluding hydrogens is 234 g/mol. The van der Waals surface area contributed by atoms with Gasteiger partial charge in [0.25, 0.3) is 0 Å². The molecule has 1 aromatic carbocycles. The minimum atomic E-state index is -0.528. The number of hydrazine groups is 1. The lowest BCUT2D eigenvalue weighted by Gasteiger charge is -2.37. The van der Waals surface area contributed by atoms with Crippen LogP contribution in [0.5, 0.6) is 0 Å². The molecule has 0 aromatic heterocycles. The number of rotatable bonds is 4. The minimum absolute atomic E-state index is 0.00795. The fourth-order valence-corrected chi connectivity index (χ4v) is 1.99. The third-order valence-corrected chi connectivity index (χ3v) is 2.91. The third-order valence-electron chi connectivity index (χ3n) is 2.91. The molecule has 6 nitrogen and oxygen atoms in total. The smallest absolute Gasteiger partial charge is 0.238 e. The number of hydrogen-bond donors (Lipinski definition) is 1. The molecule has 2 amide bonds.